The van der Waals surface area contributed by atoms with Crippen molar-refractivity contribution in [3.63, 3.8) is 0 Å². The molecule has 0 aliphatic carbocycles. The van der Waals surface area contributed by atoms with Crippen molar-refractivity contribution >= 4 is 40.2 Å². The summed E-state index contributed by atoms with van der Waals surface area (Å²) >= 11 is 5.97. The first-order valence-corrected chi connectivity index (χ1v) is 12.5. The molecule has 3 N–H and O–H groups in total. The molecule has 0 heterocycles. The molecule has 2 atom stereocenters. The van der Waals surface area contributed by atoms with Crippen LogP contribution in [-0.2, 0) is 20.9 Å². The number of alkyl carbamates (subject to hydrolysis) is 1. The van der Waals surface area contributed by atoms with E-state index in [4.69, 9.17) is 26.6 Å². The molecule has 3 rings (SSSR count). The number of Topliss-reactive ketones (excluding diaryl/α,β-unsaturated/α-hetero) is 1. The summed E-state index contributed by atoms with van der Waals surface area (Å²) in [7, 11) is 0. The van der Waals surface area contributed by atoms with Gasteiger partial charge in [0.05, 0.1) is 11.6 Å². The molecule has 200 valence electrons. The second-order valence-electron chi connectivity index (χ2n) is 9.08. The highest BCUT2D eigenvalue weighted by molar-refractivity contribution is 6.32. The van der Waals surface area contributed by atoms with Gasteiger partial charge in [0.15, 0.2) is 11.8 Å². The number of nitrogens with one attached hydrogen (secondary N) is 2. The Morgan fingerprint density at radius 3 is 2.39 bits per heavy atom. The van der Waals surface area contributed by atoms with Crippen molar-refractivity contribution < 1.29 is 29.0 Å². The largest absolute Gasteiger partial charge is 0.506 e. The van der Waals surface area contributed by atoms with Crippen LogP contribution >= 0.6 is 11.6 Å². The second kappa shape index (κ2) is 13.0. The molecular formula is C28H30ClN3O6. The van der Waals surface area contributed by atoms with Crippen LogP contribution in [-0.4, -0.2) is 35.6 Å². The lowest BCUT2D eigenvalue weighted by atomic mass is 9.91. The molecule has 0 aliphatic heterocycles. The Morgan fingerprint density at radius 1 is 1.05 bits per heavy atom. The lowest BCUT2D eigenvalue weighted by molar-refractivity contribution is -0.146. The van der Waals surface area contributed by atoms with Gasteiger partial charge in [0, 0.05) is 5.56 Å². The van der Waals surface area contributed by atoms with Crippen LogP contribution in [0.5, 0.6) is 5.75 Å². The number of ketones is 1. The van der Waals surface area contributed by atoms with E-state index in [0.717, 1.165) is 0 Å². The van der Waals surface area contributed by atoms with Gasteiger partial charge in [-0.1, -0.05) is 61.8 Å². The lowest BCUT2D eigenvalue weighted by Gasteiger charge is -2.19. The summed E-state index contributed by atoms with van der Waals surface area (Å²) < 4.78 is 10.5. The number of esters is 1. The number of hydrogen-bond donors (Lipinski definition) is 3. The van der Waals surface area contributed by atoms with E-state index in [1.165, 1.54) is 18.2 Å². The number of rotatable bonds is 11. The number of phenols is 1. The van der Waals surface area contributed by atoms with E-state index in [1.54, 1.807) is 31.2 Å². The van der Waals surface area contributed by atoms with E-state index >= 15 is 0 Å². The molecule has 0 aliphatic rings. The van der Waals surface area contributed by atoms with Gasteiger partial charge in [0.2, 0.25) is 0 Å². The third kappa shape index (κ3) is 6.86. The molecule has 0 aromatic heterocycles. The number of ether oxygens (including phenoxy) is 2. The third-order valence-corrected chi connectivity index (χ3v) is 6.18. The second-order valence-corrected chi connectivity index (χ2v) is 9.48. The van der Waals surface area contributed by atoms with Crippen LogP contribution in [0.1, 0.15) is 54.7 Å². The van der Waals surface area contributed by atoms with Crippen molar-refractivity contribution in [1.82, 2.24) is 5.32 Å². The first-order valence-electron chi connectivity index (χ1n) is 12.2. The molecule has 2 unspecified atom stereocenters. The predicted molar refractivity (Wildman–Crippen MR) is 142 cm³/mol. The number of hydrogen-bond acceptors (Lipinski definition) is 8. The molecule has 0 saturated carbocycles. The van der Waals surface area contributed by atoms with Crippen LogP contribution in [0.15, 0.2) is 59.7 Å². The molecule has 1 amide bonds. The van der Waals surface area contributed by atoms with Gasteiger partial charge in [-0.2, -0.15) is 5.11 Å². The summed E-state index contributed by atoms with van der Waals surface area (Å²) in [6, 6.07) is 12.7. The average molecular weight is 540 g/mol. The summed E-state index contributed by atoms with van der Waals surface area (Å²) in [6.07, 6.45) is -0.348. The quantitative estimate of drug-likeness (QED) is 0.147. The number of halogens is 1. The van der Waals surface area contributed by atoms with Crippen molar-refractivity contribution in [2.75, 3.05) is 6.61 Å². The number of aromatic hydroxyl groups is 1. The zero-order valence-electron chi connectivity index (χ0n) is 21.4. The van der Waals surface area contributed by atoms with Gasteiger partial charge in [0.1, 0.15) is 18.4 Å². The third-order valence-electron chi connectivity index (χ3n) is 5.88. The van der Waals surface area contributed by atoms with Gasteiger partial charge in [-0.05, 0) is 59.4 Å². The number of amides is 1. The average Bonchev–Trinajstić information content (AvgIpc) is 2.89. The summed E-state index contributed by atoms with van der Waals surface area (Å²) in [5.74, 6) is -0.973. The van der Waals surface area contributed by atoms with E-state index in [0.29, 0.717) is 28.3 Å². The number of fused-ring (bicyclic) bond motifs is 1. The van der Waals surface area contributed by atoms with Gasteiger partial charge in [-0.15, -0.1) is 0 Å². The van der Waals surface area contributed by atoms with Crippen LogP contribution in [0.2, 0.25) is 5.02 Å². The van der Waals surface area contributed by atoms with E-state index in [1.807, 2.05) is 26.0 Å². The molecule has 0 radical (unpaired) electrons. The molecule has 3 aromatic carbocycles. The van der Waals surface area contributed by atoms with Crippen LogP contribution in [0.3, 0.4) is 0 Å². The number of benzene rings is 3. The smallest absolute Gasteiger partial charge is 0.408 e. The van der Waals surface area contributed by atoms with Crippen molar-refractivity contribution in [2.45, 2.75) is 45.9 Å². The molecule has 0 fully saturated rings. The first-order chi connectivity index (χ1) is 18.2. The molecule has 10 heteroatoms. The minimum absolute atomic E-state index is 0.0220. The Hall–Kier alpha value is -3.98. The number of nitrogens with zero attached hydrogens (tertiary/aromatic N) is 1. The minimum Gasteiger partial charge on any atom is -0.506 e. The fourth-order valence-corrected chi connectivity index (χ4v) is 4.27. The van der Waals surface area contributed by atoms with Crippen LogP contribution in [0.4, 0.5) is 4.79 Å². The highest BCUT2D eigenvalue weighted by Gasteiger charge is 2.26. The molecular weight excluding hydrogens is 510 g/mol. The monoisotopic (exact) mass is 539 g/mol. The van der Waals surface area contributed by atoms with Crippen molar-refractivity contribution in [3.8, 4) is 5.75 Å². The fraction of sp³-hybridized carbons (Fsp3) is 0.321. The standard InChI is InChI=1S/C28H30ClN3O6/c1-4-37-27(35)23(13-16(2)3)31-28(36)38-15-18-9-11-21(20-8-6-5-7-19(18)20)25(32-30)26(34)17-10-12-24(33)22(29)14-17/h5-12,14,16,23,25,30,33H,4,13,15H2,1-3H3,(H,31,36). The predicted octanol–water partition coefficient (Wildman–Crippen LogP) is 6.36. The Labute approximate surface area is 225 Å². The maximum Gasteiger partial charge on any atom is 0.408 e. The summed E-state index contributed by atoms with van der Waals surface area (Å²) in [5, 5.41) is 17.2. The van der Waals surface area contributed by atoms with Crippen molar-refractivity contribution in [3.05, 3.63) is 76.3 Å². The highest BCUT2D eigenvalue weighted by Crippen LogP contribution is 2.33. The lowest BCUT2D eigenvalue weighted by Crippen LogP contribution is -2.42. The fourth-order valence-electron chi connectivity index (χ4n) is 4.09. The molecule has 0 spiro atoms. The maximum atomic E-state index is 13.2. The van der Waals surface area contributed by atoms with Gasteiger partial charge >= 0.3 is 12.1 Å². The van der Waals surface area contributed by atoms with E-state index < -0.39 is 29.9 Å². The first kappa shape index (κ1) is 28.6. The SMILES string of the molecule is CCOC(=O)C(CC(C)C)NC(=O)OCc1ccc(C(N=N)C(=O)c2ccc(O)c(Cl)c2)c2ccccc12. The van der Waals surface area contributed by atoms with E-state index in [9.17, 15) is 19.5 Å². The van der Waals surface area contributed by atoms with Crippen LogP contribution in [0.25, 0.3) is 10.8 Å². The summed E-state index contributed by atoms with van der Waals surface area (Å²) in [4.78, 5) is 37.9. The van der Waals surface area contributed by atoms with Gasteiger partial charge in [-0.25, -0.2) is 15.1 Å². The zero-order valence-corrected chi connectivity index (χ0v) is 22.1. The normalized spacial score (nSPS) is 12.6. The summed E-state index contributed by atoms with van der Waals surface area (Å²) in [5.41, 5.74) is 9.10. The van der Waals surface area contributed by atoms with Crippen molar-refractivity contribution in [1.29, 1.82) is 5.53 Å². The summed E-state index contributed by atoms with van der Waals surface area (Å²) in [6.45, 7) is 5.68. The Balaban J connectivity index is 1.83. The Bertz CT molecular complexity index is 1340. The maximum absolute atomic E-state index is 13.2. The molecule has 38 heavy (non-hydrogen) atoms. The number of carbonyl (C=O) groups excluding carboxylic acids is 3. The zero-order chi connectivity index (χ0) is 27.8. The minimum atomic E-state index is -1.14. The topological polar surface area (TPSA) is 138 Å². The Morgan fingerprint density at radius 2 is 1.76 bits per heavy atom. The van der Waals surface area contributed by atoms with Crippen molar-refractivity contribution in [2.24, 2.45) is 11.0 Å². The number of carbonyl (C=O) groups is 3. The van der Waals surface area contributed by atoms with Gasteiger partial charge < -0.3 is 19.9 Å². The van der Waals surface area contributed by atoms with Crippen LogP contribution < -0.4 is 5.32 Å². The molecule has 9 nitrogen and oxygen atoms in total. The molecule has 0 bridgehead atoms. The molecule has 3 aromatic rings. The molecule has 0 saturated heterocycles. The van der Waals surface area contributed by atoms with Gasteiger partial charge in [0.25, 0.3) is 0 Å². The Kier molecular flexibility index (Phi) is 9.78. The highest BCUT2D eigenvalue weighted by atomic mass is 35.5. The van der Waals surface area contributed by atoms with E-state index in [-0.39, 0.29) is 35.5 Å². The van der Waals surface area contributed by atoms with Crippen LogP contribution in [0, 0.1) is 11.4 Å². The van der Waals surface area contributed by atoms with E-state index in [2.05, 4.69) is 10.4 Å². The number of phenolic OH excluding ortho intramolecular Hbond substituents is 1. The van der Waals surface area contributed by atoms with Gasteiger partial charge in [-0.3, -0.25) is 4.79 Å².